The number of aliphatic hydroxyl groups excluding tert-OH is 2. The molecule has 0 heterocycles. The summed E-state index contributed by atoms with van der Waals surface area (Å²) in [6, 6.07) is 2.50. The Hall–Kier alpha value is -1.80. The van der Waals surface area contributed by atoms with Crippen molar-refractivity contribution in [3.05, 3.63) is 29.3 Å². The molecule has 118 valence electrons. The van der Waals surface area contributed by atoms with Crippen molar-refractivity contribution in [2.24, 2.45) is 0 Å². The predicted octanol–water partition coefficient (Wildman–Crippen LogP) is 1.64. The fourth-order valence-corrected chi connectivity index (χ4v) is 1.74. The fraction of sp³-hybridized carbons (Fsp3) is 0.462. The number of carbonyl (C=O) groups is 1. The molecule has 0 aromatic heterocycles. The van der Waals surface area contributed by atoms with Gasteiger partial charge >= 0.3 is 12.1 Å². The lowest BCUT2D eigenvalue weighted by atomic mass is 9.99. The van der Waals surface area contributed by atoms with Gasteiger partial charge in [0.15, 0.2) is 0 Å². The third-order valence-corrected chi connectivity index (χ3v) is 2.69. The molecule has 21 heavy (non-hydrogen) atoms. The van der Waals surface area contributed by atoms with Gasteiger partial charge in [-0.2, -0.15) is 13.2 Å². The molecule has 4 N–H and O–H groups in total. The van der Waals surface area contributed by atoms with E-state index < -0.39 is 36.3 Å². The molecule has 1 aromatic carbocycles. The Morgan fingerprint density at radius 2 is 1.95 bits per heavy atom. The summed E-state index contributed by atoms with van der Waals surface area (Å²) in [6.07, 6.45) is -8.44. The second-order valence-corrected chi connectivity index (χ2v) is 4.41. The molecule has 0 fully saturated rings. The average molecular weight is 307 g/mol. The van der Waals surface area contributed by atoms with Gasteiger partial charge in [-0.15, -0.1) is 0 Å². The van der Waals surface area contributed by atoms with Crippen molar-refractivity contribution in [1.82, 2.24) is 0 Å². The molecule has 0 saturated carbocycles. The van der Waals surface area contributed by atoms with Crippen molar-refractivity contribution in [3.63, 3.8) is 0 Å². The van der Waals surface area contributed by atoms with Crippen molar-refractivity contribution in [2.75, 3.05) is 12.3 Å². The summed E-state index contributed by atoms with van der Waals surface area (Å²) in [5.41, 5.74) is 3.89. The van der Waals surface area contributed by atoms with Crippen LogP contribution in [0.5, 0.6) is 0 Å². The van der Waals surface area contributed by atoms with E-state index in [0.717, 1.165) is 6.07 Å². The van der Waals surface area contributed by atoms with E-state index in [1.165, 1.54) is 0 Å². The van der Waals surface area contributed by atoms with Crippen LogP contribution in [0.25, 0.3) is 0 Å². The van der Waals surface area contributed by atoms with E-state index in [2.05, 4.69) is 4.74 Å². The van der Waals surface area contributed by atoms with Crippen LogP contribution in [0, 0.1) is 0 Å². The highest BCUT2D eigenvalue weighted by Gasteiger charge is 2.32. The molecule has 0 spiro atoms. The highest BCUT2D eigenvalue weighted by Crippen LogP contribution is 2.33. The van der Waals surface area contributed by atoms with E-state index in [4.69, 9.17) is 5.73 Å². The van der Waals surface area contributed by atoms with Gasteiger partial charge in [-0.1, -0.05) is 0 Å². The summed E-state index contributed by atoms with van der Waals surface area (Å²) in [6.45, 7) is 1.66. The van der Waals surface area contributed by atoms with Crippen LogP contribution in [0.1, 0.15) is 30.6 Å². The molecule has 0 aliphatic carbocycles. The number of rotatable bonds is 5. The number of anilines is 1. The average Bonchev–Trinajstić information content (AvgIpc) is 2.36. The van der Waals surface area contributed by atoms with Crippen LogP contribution >= 0.6 is 0 Å². The summed E-state index contributed by atoms with van der Waals surface area (Å²) >= 11 is 0. The maximum Gasteiger partial charge on any atom is 0.416 e. The normalized spacial score (nSPS) is 14.6. The van der Waals surface area contributed by atoms with Gasteiger partial charge in [0, 0.05) is 5.69 Å². The molecule has 0 amide bonds. The van der Waals surface area contributed by atoms with Gasteiger partial charge in [-0.05, 0) is 30.7 Å². The van der Waals surface area contributed by atoms with Crippen LogP contribution in [0.4, 0.5) is 18.9 Å². The largest absolute Gasteiger partial charge is 0.466 e. The van der Waals surface area contributed by atoms with E-state index in [1.807, 2.05) is 0 Å². The van der Waals surface area contributed by atoms with Crippen molar-refractivity contribution in [2.45, 2.75) is 31.7 Å². The maximum atomic E-state index is 12.6. The third kappa shape index (κ3) is 4.91. The molecule has 0 saturated heterocycles. The molecule has 0 aliphatic heterocycles. The monoisotopic (exact) mass is 307 g/mol. The number of alkyl halides is 3. The quantitative estimate of drug-likeness (QED) is 0.568. The van der Waals surface area contributed by atoms with E-state index in [9.17, 15) is 28.2 Å². The first-order valence-corrected chi connectivity index (χ1v) is 6.14. The zero-order valence-electron chi connectivity index (χ0n) is 11.2. The van der Waals surface area contributed by atoms with Crippen LogP contribution in [0.2, 0.25) is 0 Å². The number of nitrogens with two attached hydrogens (primary N) is 1. The van der Waals surface area contributed by atoms with Gasteiger partial charge < -0.3 is 20.7 Å². The Kier molecular flexibility index (Phi) is 5.56. The second kappa shape index (κ2) is 6.77. The molecule has 8 heteroatoms. The number of aliphatic hydroxyl groups is 2. The first-order chi connectivity index (χ1) is 9.65. The Labute approximate surface area is 119 Å². The number of carbonyl (C=O) groups excluding carboxylic acids is 1. The topological polar surface area (TPSA) is 92.8 Å². The Morgan fingerprint density at radius 1 is 1.33 bits per heavy atom. The summed E-state index contributed by atoms with van der Waals surface area (Å²) in [4.78, 5) is 11.2. The minimum absolute atomic E-state index is 0.0954. The predicted molar refractivity (Wildman–Crippen MR) is 68.1 cm³/mol. The number of nitrogen functional groups attached to an aromatic ring is 1. The molecule has 1 aromatic rings. The molecule has 1 rings (SSSR count). The van der Waals surface area contributed by atoms with Crippen molar-refractivity contribution in [1.29, 1.82) is 0 Å². The number of halogens is 3. The fourth-order valence-electron chi connectivity index (χ4n) is 1.74. The minimum Gasteiger partial charge on any atom is -0.466 e. The van der Waals surface area contributed by atoms with Crippen LogP contribution in [0.15, 0.2) is 18.2 Å². The van der Waals surface area contributed by atoms with E-state index in [-0.39, 0.29) is 17.9 Å². The number of hydrogen-bond donors (Lipinski definition) is 3. The second-order valence-electron chi connectivity index (χ2n) is 4.41. The smallest absolute Gasteiger partial charge is 0.416 e. The Bertz CT molecular complexity index is 505. The number of ether oxygens (including phenoxy) is 1. The lowest BCUT2D eigenvalue weighted by molar-refractivity contribution is -0.147. The first-order valence-electron chi connectivity index (χ1n) is 6.14. The molecule has 5 nitrogen and oxygen atoms in total. The molecule has 2 unspecified atom stereocenters. The van der Waals surface area contributed by atoms with Gasteiger partial charge in [-0.25, -0.2) is 0 Å². The zero-order chi connectivity index (χ0) is 16.2. The number of benzene rings is 1. The van der Waals surface area contributed by atoms with Gasteiger partial charge in [-0.3, -0.25) is 4.79 Å². The summed E-state index contributed by atoms with van der Waals surface area (Å²) in [7, 11) is 0. The van der Waals surface area contributed by atoms with Gasteiger partial charge in [0.2, 0.25) is 0 Å². The third-order valence-electron chi connectivity index (χ3n) is 2.69. The van der Waals surface area contributed by atoms with Gasteiger partial charge in [0.05, 0.1) is 24.7 Å². The first kappa shape index (κ1) is 17.3. The highest BCUT2D eigenvalue weighted by atomic mass is 19.4. The number of hydrogen-bond acceptors (Lipinski definition) is 5. The highest BCUT2D eigenvalue weighted by molar-refractivity contribution is 5.70. The molecule has 0 aliphatic rings. The SMILES string of the molecule is CCOC(=O)CC(O)C(O)c1cc(N)cc(C(F)(F)F)c1. The molecular formula is C13H16F3NO4. The van der Waals surface area contributed by atoms with Gasteiger partial charge in [0.25, 0.3) is 0 Å². The summed E-state index contributed by atoms with van der Waals surface area (Å²) < 4.78 is 42.5. The van der Waals surface area contributed by atoms with E-state index >= 15 is 0 Å². The minimum atomic E-state index is -4.63. The number of esters is 1. The zero-order valence-corrected chi connectivity index (χ0v) is 11.2. The van der Waals surface area contributed by atoms with Crippen LogP contribution in [0.3, 0.4) is 0 Å². The molecule has 0 radical (unpaired) electrons. The lowest BCUT2D eigenvalue weighted by Gasteiger charge is -2.19. The summed E-state index contributed by atoms with van der Waals surface area (Å²) in [5.74, 6) is -0.760. The van der Waals surface area contributed by atoms with Crippen LogP contribution in [-0.2, 0) is 15.7 Å². The lowest BCUT2D eigenvalue weighted by Crippen LogP contribution is -2.23. The van der Waals surface area contributed by atoms with Crippen molar-refractivity contribution < 1.29 is 32.9 Å². The molecular weight excluding hydrogens is 291 g/mol. The summed E-state index contributed by atoms with van der Waals surface area (Å²) in [5, 5.41) is 19.5. The van der Waals surface area contributed by atoms with E-state index in [1.54, 1.807) is 6.92 Å². The Balaban J connectivity index is 2.94. The van der Waals surface area contributed by atoms with Crippen molar-refractivity contribution in [3.8, 4) is 0 Å². The van der Waals surface area contributed by atoms with Crippen molar-refractivity contribution >= 4 is 11.7 Å². The van der Waals surface area contributed by atoms with Gasteiger partial charge in [0.1, 0.15) is 6.10 Å². The van der Waals surface area contributed by atoms with E-state index in [0.29, 0.717) is 12.1 Å². The van der Waals surface area contributed by atoms with Crippen LogP contribution in [-0.4, -0.2) is 28.9 Å². The van der Waals surface area contributed by atoms with Crippen LogP contribution < -0.4 is 5.73 Å². The Morgan fingerprint density at radius 3 is 2.48 bits per heavy atom. The standard InChI is InChI=1S/C13H16F3NO4/c1-2-21-11(19)6-10(18)12(20)7-3-8(13(14,15)16)5-9(17)4-7/h3-5,10,12,18,20H,2,6,17H2,1H3. The molecule has 0 bridgehead atoms. The molecule has 2 atom stereocenters. The maximum absolute atomic E-state index is 12.6.